The monoisotopic (exact) mass is 278 g/mol. The Balaban J connectivity index is 1.57. The van der Waals surface area contributed by atoms with Crippen LogP contribution >= 0.6 is 0 Å². The van der Waals surface area contributed by atoms with Gasteiger partial charge in [0.05, 0.1) is 12.2 Å². The first-order valence-corrected chi connectivity index (χ1v) is 8.95. The summed E-state index contributed by atoms with van der Waals surface area (Å²) in [7, 11) is 0. The molecule has 4 saturated carbocycles. The van der Waals surface area contributed by atoms with Gasteiger partial charge < -0.3 is 10.2 Å². The maximum atomic E-state index is 10.4. The van der Waals surface area contributed by atoms with Gasteiger partial charge in [-0.15, -0.1) is 0 Å². The highest BCUT2D eigenvalue weighted by Gasteiger charge is 2.56. The molecule has 0 radical (unpaired) electrons. The molecule has 0 amide bonds. The molecule has 0 aromatic heterocycles. The lowest BCUT2D eigenvalue weighted by Crippen LogP contribution is -2.49. The van der Waals surface area contributed by atoms with Gasteiger partial charge >= 0.3 is 0 Å². The van der Waals surface area contributed by atoms with E-state index in [1.54, 1.807) is 0 Å². The SMILES string of the molecule is C[C@]12CC[C@H]3[C@@H](CC[C@H]4C[C@@H](O)CC[C@@H]43)[C@@H]1CC[C@H]2O. The molecule has 4 fully saturated rings. The second-order valence-electron chi connectivity index (χ2n) is 8.54. The van der Waals surface area contributed by atoms with E-state index in [1.807, 2.05) is 0 Å². The smallest absolute Gasteiger partial charge is 0.0596 e. The van der Waals surface area contributed by atoms with Crippen molar-refractivity contribution in [2.75, 3.05) is 0 Å². The van der Waals surface area contributed by atoms with E-state index in [0.717, 1.165) is 48.9 Å². The van der Waals surface area contributed by atoms with Crippen molar-refractivity contribution in [3.63, 3.8) is 0 Å². The van der Waals surface area contributed by atoms with Gasteiger partial charge in [-0.3, -0.25) is 0 Å². The molecular formula is C18H30O2. The third kappa shape index (κ3) is 1.83. The summed E-state index contributed by atoms with van der Waals surface area (Å²) in [5, 5.41) is 20.3. The topological polar surface area (TPSA) is 40.5 Å². The van der Waals surface area contributed by atoms with Gasteiger partial charge in [-0.25, -0.2) is 0 Å². The average molecular weight is 278 g/mol. The lowest BCUT2D eigenvalue weighted by molar-refractivity contribution is -0.0913. The number of fused-ring (bicyclic) bond motifs is 5. The van der Waals surface area contributed by atoms with Crippen molar-refractivity contribution in [2.45, 2.75) is 76.9 Å². The Morgan fingerprint density at radius 2 is 1.60 bits per heavy atom. The van der Waals surface area contributed by atoms with Crippen LogP contribution in [0.3, 0.4) is 0 Å². The highest BCUT2D eigenvalue weighted by atomic mass is 16.3. The van der Waals surface area contributed by atoms with Crippen LogP contribution in [0, 0.1) is 35.0 Å². The summed E-state index contributed by atoms with van der Waals surface area (Å²) in [6.45, 7) is 2.36. The van der Waals surface area contributed by atoms with Crippen LogP contribution in [0.5, 0.6) is 0 Å². The fourth-order valence-corrected chi connectivity index (χ4v) is 6.80. The Labute approximate surface area is 123 Å². The first-order chi connectivity index (χ1) is 9.59. The van der Waals surface area contributed by atoms with Crippen molar-refractivity contribution in [2.24, 2.45) is 35.0 Å². The largest absolute Gasteiger partial charge is 0.393 e. The third-order valence-corrected chi connectivity index (χ3v) is 7.88. The van der Waals surface area contributed by atoms with Crippen LogP contribution in [0.2, 0.25) is 0 Å². The maximum Gasteiger partial charge on any atom is 0.0596 e. The summed E-state index contributed by atoms with van der Waals surface area (Å²) in [5.74, 6) is 4.26. The first kappa shape index (κ1) is 13.6. The van der Waals surface area contributed by atoms with E-state index in [1.165, 1.54) is 38.5 Å². The quantitative estimate of drug-likeness (QED) is 0.713. The molecule has 4 rings (SSSR count). The van der Waals surface area contributed by atoms with E-state index >= 15 is 0 Å². The maximum absolute atomic E-state index is 10.4. The van der Waals surface area contributed by atoms with E-state index in [-0.39, 0.29) is 17.6 Å². The summed E-state index contributed by atoms with van der Waals surface area (Å²) in [6, 6.07) is 0. The molecule has 0 aromatic rings. The minimum atomic E-state index is -0.0423. The van der Waals surface area contributed by atoms with E-state index in [4.69, 9.17) is 0 Å². The van der Waals surface area contributed by atoms with Gasteiger partial charge in [0.15, 0.2) is 0 Å². The van der Waals surface area contributed by atoms with Gasteiger partial charge in [0.2, 0.25) is 0 Å². The summed E-state index contributed by atoms with van der Waals surface area (Å²) < 4.78 is 0. The molecule has 0 aliphatic heterocycles. The second-order valence-corrected chi connectivity index (χ2v) is 8.54. The van der Waals surface area contributed by atoms with Gasteiger partial charge in [-0.2, -0.15) is 0 Å². The van der Waals surface area contributed by atoms with Crippen LogP contribution in [0.1, 0.15) is 64.7 Å². The van der Waals surface area contributed by atoms with E-state index < -0.39 is 0 Å². The van der Waals surface area contributed by atoms with Crippen molar-refractivity contribution in [1.82, 2.24) is 0 Å². The lowest BCUT2D eigenvalue weighted by Gasteiger charge is -2.55. The predicted molar refractivity (Wildman–Crippen MR) is 79.1 cm³/mol. The Kier molecular flexibility index (Phi) is 3.20. The lowest BCUT2D eigenvalue weighted by atomic mass is 9.50. The molecule has 2 heteroatoms. The normalized spacial score (nSPS) is 58.6. The molecule has 20 heavy (non-hydrogen) atoms. The standard InChI is InChI=1S/C18H30O2/c1-18-9-8-14-13-5-3-12(19)10-11(13)2-4-15(14)16(18)6-7-17(18)20/h11-17,19-20H,2-10H2,1H3/t11-,12-,13-,14+,15+,16-,17+,18-/m0/s1. The summed E-state index contributed by atoms with van der Waals surface area (Å²) in [4.78, 5) is 0. The molecule has 4 aliphatic carbocycles. The zero-order valence-corrected chi connectivity index (χ0v) is 12.8. The molecule has 0 aromatic carbocycles. The highest BCUT2D eigenvalue weighted by molar-refractivity contribution is 5.06. The number of hydrogen-bond acceptors (Lipinski definition) is 2. The molecule has 0 heterocycles. The average Bonchev–Trinajstić information content (AvgIpc) is 2.74. The minimum Gasteiger partial charge on any atom is -0.393 e. The molecule has 0 spiro atoms. The molecular weight excluding hydrogens is 248 g/mol. The summed E-state index contributed by atoms with van der Waals surface area (Å²) in [6.07, 6.45) is 10.9. The Bertz CT molecular complexity index is 382. The summed E-state index contributed by atoms with van der Waals surface area (Å²) >= 11 is 0. The minimum absolute atomic E-state index is 0.0186. The summed E-state index contributed by atoms with van der Waals surface area (Å²) in [5.41, 5.74) is 0.224. The molecule has 2 N–H and O–H groups in total. The van der Waals surface area contributed by atoms with Gasteiger partial charge in [0.25, 0.3) is 0 Å². The number of hydrogen-bond donors (Lipinski definition) is 2. The zero-order chi connectivity index (χ0) is 13.9. The fourth-order valence-electron chi connectivity index (χ4n) is 6.80. The Morgan fingerprint density at radius 3 is 2.45 bits per heavy atom. The van der Waals surface area contributed by atoms with Crippen molar-refractivity contribution in [1.29, 1.82) is 0 Å². The highest BCUT2D eigenvalue weighted by Crippen LogP contribution is 2.62. The molecule has 4 aliphatic rings. The first-order valence-electron chi connectivity index (χ1n) is 8.95. The third-order valence-electron chi connectivity index (χ3n) is 7.88. The van der Waals surface area contributed by atoms with Crippen molar-refractivity contribution in [3.05, 3.63) is 0 Å². The van der Waals surface area contributed by atoms with Gasteiger partial charge in [-0.1, -0.05) is 6.92 Å². The number of aliphatic hydroxyl groups is 2. The fraction of sp³-hybridized carbons (Fsp3) is 1.00. The van der Waals surface area contributed by atoms with Gasteiger partial charge in [-0.05, 0) is 92.8 Å². The molecule has 114 valence electrons. The predicted octanol–water partition coefficient (Wildman–Crippen LogP) is 3.36. The van der Waals surface area contributed by atoms with Crippen LogP contribution in [-0.4, -0.2) is 22.4 Å². The van der Waals surface area contributed by atoms with Gasteiger partial charge in [0, 0.05) is 0 Å². The van der Waals surface area contributed by atoms with Crippen LogP contribution in [0.25, 0.3) is 0 Å². The molecule has 8 atom stereocenters. The van der Waals surface area contributed by atoms with Crippen molar-refractivity contribution < 1.29 is 10.2 Å². The Hall–Kier alpha value is -0.0800. The van der Waals surface area contributed by atoms with Gasteiger partial charge in [0.1, 0.15) is 0 Å². The van der Waals surface area contributed by atoms with Crippen LogP contribution < -0.4 is 0 Å². The molecule has 2 nitrogen and oxygen atoms in total. The van der Waals surface area contributed by atoms with E-state index in [2.05, 4.69) is 6.92 Å². The number of aliphatic hydroxyl groups excluding tert-OH is 2. The van der Waals surface area contributed by atoms with Crippen LogP contribution in [0.4, 0.5) is 0 Å². The Morgan fingerprint density at radius 1 is 0.800 bits per heavy atom. The molecule has 0 saturated heterocycles. The molecule has 0 bridgehead atoms. The zero-order valence-electron chi connectivity index (χ0n) is 12.8. The van der Waals surface area contributed by atoms with Crippen molar-refractivity contribution in [3.8, 4) is 0 Å². The van der Waals surface area contributed by atoms with Crippen LogP contribution in [0.15, 0.2) is 0 Å². The van der Waals surface area contributed by atoms with E-state index in [9.17, 15) is 10.2 Å². The van der Waals surface area contributed by atoms with Crippen LogP contribution in [-0.2, 0) is 0 Å². The van der Waals surface area contributed by atoms with Crippen molar-refractivity contribution >= 4 is 0 Å². The second kappa shape index (κ2) is 4.71. The number of rotatable bonds is 0. The van der Waals surface area contributed by atoms with E-state index in [0.29, 0.717) is 0 Å². The molecule has 0 unspecified atom stereocenters.